The van der Waals surface area contributed by atoms with Gasteiger partial charge in [-0.25, -0.2) is 0 Å². The summed E-state index contributed by atoms with van der Waals surface area (Å²) in [4.78, 5) is 0. The summed E-state index contributed by atoms with van der Waals surface area (Å²) in [7, 11) is 0. The highest BCUT2D eigenvalue weighted by atomic mass is 127. The van der Waals surface area contributed by atoms with Crippen LogP contribution in [-0.2, 0) is 0 Å². The number of hydrogen-bond acceptors (Lipinski definition) is 2. The molecule has 1 rings (SSSR count). The van der Waals surface area contributed by atoms with Gasteiger partial charge in [-0.05, 0) is 25.8 Å². The third-order valence-corrected chi connectivity index (χ3v) is 3.37. The van der Waals surface area contributed by atoms with Gasteiger partial charge in [-0.1, -0.05) is 28.7 Å². The Morgan fingerprint density at radius 1 is 1.73 bits per heavy atom. The first kappa shape index (κ1) is 8.90. The fraction of sp³-hybridized carbons (Fsp3) is 0.500. The first-order valence-electron chi connectivity index (χ1n) is 3.50. The van der Waals surface area contributed by atoms with Gasteiger partial charge < -0.3 is 10.8 Å². The number of aliphatic hydroxyl groups is 1. The molecule has 0 aliphatic heterocycles. The van der Waals surface area contributed by atoms with E-state index in [1.807, 2.05) is 13.0 Å². The maximum atomic E-state index is 9.46. The van der Waals surface area contributed by atoms with Gasteiger partial charge in [0.1, 0.15) is 5.76 Å². The van der Waals surface area contributed by atoms with Gasteiger partial charge in [0, 0.05) is 3.42 Å². The van der Waals surface area contributed by atoms with Gasteiger partial charge in [-0.15, -0.1) is 0 Å². The van der Waals surface area contributed by atoms with Crippen molar-refractivity contribution in [2.24, 2.45) is 5.73 Å². The van der Waals surface area contributed by atoms with Crippen LogP contribution in [0, 0.1) is 0 Å². The van der Waals surface area contributed by atoms with E-state index < -0.39 is 0 Å². The van der Waals surface area contributed by atoms with Crippen molar-refractivity contribution in [3.63, 3.8) is 0 Å². The molecule has 0 bridgehead atoms. The molecule has 0 spiro atoms. The average Bonchev–Trinajstić information content (AvgIpc) is 1.95. The summed E-state index contributed by atoms with van der Waals surface area (Å²) in [6, 6.07) is 0. The normalized spacial score (nSPS) is 32.1. The van der Waals surface area contributed by atoms with Crippen LogP contribution in [0.15, 0.2) is 23.1 Å². The minimum absolute atomic E-state index is 0.0325. The van der Waals surface area contributed by atoms with Crippen LogP contribution in [0.4, 0.5) is 0 Å². The largest absolute Gasteiger partial charge is 0.506 e. The van der Waals surface area contributed by atoms with E-state index in [-0.39, 0.29) is 9.18 Å². The quantitative estimate of drug-likeness (QED) is 0.521. The number of rotatable bonds is 0. The fourth-order valence-electron chi connectivity index (χ4n) is 1.01. The first-order valence-corrected chi connectivity index (χ1v) is 4.58. The molecule has 0 saturated heterocycles. The lowest BCUT2D eigenvalue weighted by atomic mass is 9.92. The summed E-state index contributed by atoms with van der Waals surface area (Å²) in [5, 5.41) is 9.46. The van der Waals surface area contributed by atoms with E-state index in [4.69, 9.17) is 5.73 Å². The minimum atomic E-state index is 0.0325. The lowest BCUT2D eigenvalue weighted by molar-refractivity contribution is 0.403. The zero-order chi connectivity index (χ0) is 8.65. The van der Waals surface area contributed by atoms with Gasteiger partial charge in [0.25, 0.3) is 0 Å². The van der Waals surface area contributed by atoms with Crippen molar-refractivity contribution < 1.29 is 5.11 Å². The third-order valence-electron chi connectivity index (χ3n) is 2.12. The van der Waals surface area contributed by atoms with Crippen molar-refractivity contribution >= 4 is 22.6 Å². The molecule has 0 aromatic rings. The molecule has 0 aromatic heterocycles. The Bertz CT molecular complexity index is 240. The summed E-state index contributed by atoms with van der Waals surface area (Å²) >= 11 is 2.32. The van der Waals surface area contributed by atoms with E-state index in [9.17, 15) is 5.11 Å². The Morgan fingerprint density at radius 3 is 2.73 bits per heavy atom. The van der Waals surface area contributed by atoms with Gasteiger partial charge in [-0.3, -0.25) is 0 Å². The monoisotopic (exact) mass is 265 g/mol. The predicted molar refractivity (Wildman–Crippen MR) is 54.6 cm³/mol. The average molecular weight is 265 g/mol. The van der Waals surface area contributed by atoms with Crippen LogP contribution in [0.3, 0.4) is 0 Å². The second-order valence-corrected chi connectivity index (χ2v) is 5.42. The standard InChI is InChI=1S/C8H12INO/c1-5-7(11)6(10)3-4-8(5,2)9/h3,11H,4,10H2,1-2H3. The minimum Gasteiger partial charge on any atom is -0.506 e. The molecule has 3 heteroatoms. The molecule has 1 unspecified atom stereocenters. The van der Waals surface area contributed by atoms with Crippen molar-refractivity contribution in [1.82, 2.24) is 0 Å². The lowest BCUT2D eigenvalue weighted by Gasteiger charge is -2.27. The van der Waals surface area contributed by atoms with Crippen LogP contribution < -0.4 is 5.73 Å². The summed E-state index contributed by atoms with van der Waals surface area (Å²) in [5.74, 6) is 0.258. The molecular formula is C8H12INO. The highest BCUT2D eigenvalue weighted by Gasteiger charge is 2.28. The van der Waals surface area contributed by atoms with E-state index in [0.29, 0.717) is 5.70 Å². The zero-order valence-corrected chi connectivity index (χ0v) is 8.84. The molecule has 3 N–H and O–H groups in total. The van der Waals surface area contributed by atoms with E-state index in [2.05, 4.69) is 29.5 Å². The molecule has 62 valence electrons. The Labute approximate surface area is 80.3 Å². The Balaban J connectivity index is 3.07. The number of hydrogen-bond donors (Lipinski definition) is 2. The number of allylic oxidation sites excluding steroid dienone is 2. The highest BCUT2D eigenvalue weighted by Crippen LogP contribution is 2.37. The summed E-state index contributed by atoms with van der Waals surface area (Å²) in [6.45, 7) is 4.00. The SMILES string of the molecule is CC1=C(O)C(N)=CCC1(C)I. The number of nitrogens with two attached hydrogens (primary N) is 1. The lowest BCUT2D eigenvalue weighted by Crippen LogP contribution is -2.24. The van der Waals surface area contributed by atoms with Crippen molar-refractivity contribution in [2.45, 2.75) is 23.7 Å². The van der Waals surface area contributed by atoms with Gasteiger partial charge in [-0.2, -0.15) is 0 Å². The molecule has 0 amide bonds. The number of alkyl halides is 1. The van der Waals surface area contributed by atoms with Crippen LogP contribution in [0.1, 0.15) is 20.3 Å². The fourth-order valence-corrected chi connectivity index (χ4v) is 1.49. The molecule has 1 aliphatic rings. The van der Waals surface area contributed by atoms with Crippen molar-refractivity contribution in [3.05, 3.63) is 23.1 Å². The number of halogens is 1. The van der Waals surface area contributed by atoms with E-state index in [0.717, 1.165) is 12.0 Å². The van der Waals surface area contributed by atoms with Gasteiger partial charge >= 0.3 is 0 Å². The van der Waals surface area contributed by atoms with Gasteiger partial charge in [0.15, 0.2) is 0 Å². The Hall–Kier alpha value is -0.190. The predicted octanol–water partition coefficient (Wildman–Crippen LogP) is 2.26. The second kappa shape index (κ2) is 2.69. The molecule has 0 aromatic carbocycles. The van der Waals surface area contributed by atoms with Crippen LogP contribution in [-0.4, -0.2) is 8.53 Å². The highest BCUT2D eigenvalue weighted by molar-refractivity contribution is 14.1. The van der Waals surface area contributed by atoms with Crippen LogP contribution in [0.5, 0.6) is 0 Å². The first-order chi connectivity index (χ1) is 4.95. The molecule has 0 radical (unpaired) electrons. The molecule has 1 aliphatic carbocycles. The molecule has 2 nitrogen and oxygen atoms in total. The molecule has 0 saturated carbocycles. The Kier molecular flexibility index (Phi) is 2.18. The van der Waals surface area contributed by atoms with E-state index in [1.54, 1.807) is 0 Å². The van der Waals surface area contributed by atoms with E-state index in [1.165, 1.54) is 0 Å². The summed E-state index contributed by atoms with van der Waals surface area (Å²) in [6.07, 6.45) is 2.77. The molecule has 11 heavy (non-hydrogen) atoms. The van der Waals surface area contributed by atoms with Gasteiger partial charge in [0.2, 0.25) is 0 Å². The molecule has 0 heterocycles. The van der Waals surface area contributed by atoms with Crippen molar-refractivity contribution in [2.75, 3.05) is 0 Å². The third kappa shape index (κ3) is 1.52. The smallest absolute Gasteiger partial charge is 0.138 e. The molecule has 0 fully saturated rings. The van der Waals surface area contributed by atoms with Gasteiger partial charge in [0.05, 0.1) is 5.70 Å². The van der Waals surface area contributed by atoms with Crippen LogP contribution >= 0.6 is 22.6 Å². The maximum absolute atomic E-state index is 9.46. The van der Waals surface area contributed by atoms with Crippen molar-refractivity contribution in [1.29, 1.82) is 0 Å². The summed E-state index contributed by atoms with van der Waals surface area (Å²) in [5.41, 5.74) is 7.02. The molecule has 1 atom stereocenters. The summed E-state index contributed by atoms with van der Waals surface area (Å²) < 4.78 is 0.0325. The maximum Gasteiger partial charge on any atom is 0.138 e. The number of aliphatic hydroxyl groups excluding tert-OH is 1. The topological polar surface area (TPSA) is 46.2 Å². The Morgan fingerprint density at radius 2 is 2.27 bits per heavy atom. The van der Waals surface area contributed by atoms with Crippen LogP contribution in [0.2, 0.25) is 0 Å². The van der Waals surface area contributed by atoms with E-state index >= 15 is 0 Å². The van der Waals surface area contributed by atoms with Crippen LogP contribution in [0.25, 0.3) is 0 Å². The molecular weight excluding hydrogens is 253 g/mol. The van der Waals surface area contributed by atoms with Crippen molar-refractivity contribution in [3.8, 4) is 0 Å². The zero-order valence-electron chi connectivity index (χ0n) is 6.69. The second-order valence-electron chi connectivity index (χ2n) is 3.03.